The fraction of sp³-hybridized carbons (Fsp3) is 0.545. The minimum Gasteiger partial charge on any atom is -0.492 e. The summed E-state index contributed by atoms with van der Waals surface area (Å²) in [5, 5.41) is 3.46. The summed E-state index contributed by atoms with van der Waals surface area (Å²) in [6.45, 7) is 6.11. The van der Waals surface area contributed by atoms with Crippen LogP contribution in [0.2, 0.25) is 0 Å². The van der Waals surface area contributed by atoms with Crippen molar-refractivity contribution in [3.05, 3.63) is 48.0 Å². The van der Waals surface area contributed by atoms with Gasteiger partial charge in [0, 0.05) is 30.5 Å². The van der Waals surface area contributed by atoms with Crippen molar-refractivity contribution in [1.82, 2.24) is 19.8 Å². The second kappa shape index (κ2) is 6.92. The fourth-order valence-corrected chi connectivity index (χ4v) is 5.07. The molecule has 0 unspecified atom stereocenters. The number of imidazole rings is 1. The Morgan fingerprint density at radius 1 is 1.36 bits per heavy atom. The van der Waals surface area contributed by atoms with E-state index in [1.165, 1.54) is 0 Å². The number of benzene rings is 1. The minimum atomic E-state index is -0.208. The SMILES string of the molecule is CCn1ccnc1CN(C(=O)[C@H]1COc2ccccc21)[C@@H]1CC12CCNCC2. The molecule has 3 heterocycles. The van der Waals surface area contributed by atoms with E-state index >= 15 is 0 Å². The summed E-state index contributed by atoms with van der Waals surface area (Å²) in [4.78, 5) is 20.4. The van der Waals surface area contributed by atoms with Crippen LogP contribution in [0.15, 0.2) is 36.7 Å². The minimum absolute atomic E-state index is 0.191. The third kappa shape index (κ3) is 2.91. The molecule has 6 nitrogen and oxygen atoms in total. The fourth-order valence-electron chi connectivity index (χ4n) is 5.07. The number of rotatable bonds is 5. The molecule has 1 amide bonds. The zero-order chi connectivity index (χ0) is 19.1. The average molecular weight is 380 g/mol. The van der Waals surface area contributed by atoms with Gasteiger partial charge in [-0.3, -0.25) is 4.79 Å². The maximum Gasteiger partial charge on any atom is 0.234 e. The second-order valence-electron chi connectivity index (χ2n) is 8.33. The highest BCUT2D eigenvalue weighted by atomic mass is 16.5. The standard InChI is InChI=1S/C22H28N4O2/c1-2-25-12-11-24-20(25)14-26(19-13-22(19)7-9-23-10-8-22)21(27)17-15-28-18-6-4-3-5-16(17)18/h3-6,11-12,17,19,23H,2,7-10,13-15H2,1H3/t17-,19+/m0/s1. The zero-order valence-electron chi connectivity index (χ0n) is 16.4. The van der Waals surface area contributed by atoms with E-state index in [1.54, 1.807) is 0 Å². The monoisotopic (exact) mass is 380 g/mol. The lowest BCUT2D eigenvalue weighted by atomic mass is 9.93. The van der Waals surface area contributed by atoms with Gasteiger partial charge in [0.1, 0.15) is 24.1 Å². The van der Waals surface area contributed by atoms with E-state index in [4.69, 9.17) is 4.74 Å². The Labute approximate surface area is 165 Å². The number of hydrogen-bond acceptors (Lipinski definition) is 4. The molecule has 5 rings (SSSR count). The van der Waals surface area contributed by atoms with Crippen LogP contribution in [0.4, 0.5) is 0 Å². The van der Waals surface area contributed by atoms with Gasteiger partial charge in [0.25, 0.3) is 0 Å². The van der Waals surface area contributed by atoms with Crippen molar-refractivity contribution in [2.45, 2.75) is 51.2 Å². The van der Waals surface area contributed by atoms with Gasteiger partial charge >= 0.3 is 0 Å². The number of nitrogens with one attached hydrogen (secondary N) is 1. The Balaban J connectivity index is 1.44. The Morgan fingerprint density at radius 2 is 2.18 bits per heavy atom. The smallest absolute Gasteiger partial charge is 0.234 e. The number of nitrogens with zero attached hydrogens (tertiary/aromatic N) is 3. The molecule has 1 aromatic carbocycles. The molecule has 2 fully saturated rings. The maximum absolute atomic E-state index is 13.7. The Hall–Kier alpha value is -2.34. The first-order valence-corrected chi connectivity index (χ1v) is 10.4. The molecule has 1 spiro atoms. The van der Waals surface area contributed by atoms with Crippen molar-refractivity contribution in [3.8, 4) is 5.75 Å². The number of ether oxygens (including phenoxy) is 1. The molecule has 0 bridgehead atoms. The molecule has 0 radical (unpaired) electrons. The van der Waals surface area contributed by atoms with E-state index in [9.17, 15) is 4.79 Å². The second-order valence-corrected chi connectivity index (χ2v) is 8.33. The average Bonchev–Trinajstić information content (AvgIpc) is 3.10. The molecular formula is C22H28N4O2. The Bertz CT molecular complexity index is 871. The normalized spacial score (nSPS) is 24.6. The van der Waals surface area contributed by atoms with Crippen LogP contribution in [0.1, 0.15) is 43.5 Å². The van der Waals surface area contributed by atoms with Gasteiger partial charge in [-0.2, -0.15) is 0 Å². The van der Waals surface area contributed by atoms with Crippen molar-refractivity contribution < 1.29 is 9.53 Å². The summed E-state index contributed by atoms with van der Waals surface area (Å²) in [5.41, 5.74) is 1.32. The number of aromatic nitrogens is 2. The highest BCUT2D eigenvalue weighted by Crippen LogP contribution is 2.56. The zero-order valence-corrected chi connectivity index (χ0v) is 16.4. The van der Waals surface area contributed by atoms with E-state index in [-0.39, 0.29) is 11.8 Å². The van der Waals surface area contributed by atoms with Crippen LogP contribution in [0, 0.1) is 5.41 Å². The molecule has 148 valence electrons. The molecule has 2 aromatic rings. The van der Waals surface area contributed by atoms with Gasteiger partial charge in [-0.05, 0) is 50.8 Å². The first-order chi connectivity index (χ1) is 13.7. The molecule has 2 aliphatic heterocycles. The van der Waals surface area contributed by atoms with E-state index in [2.05, 4.69) is 26.7 Å². The lowest BCUT2D eigenvalue weighted by Crippen LogP contribution is -2.42. The van der Waals surface area contributed by atoms with Crippen molar-refractivity contribution in [2.24, 2.45) is 5.41 Å². The number of hydrogen-bond donors (Lipinski definition) is 1. The molecule has 1 saturated carbocycles. The molecular weight excluding hydrogens is 352 g/mol. The van der Waals surface area contributed by atoms with Gasteiger partial charge in [-0.15, -0.1) is 0 Å². The number of aryl methyl sites for hydroxylation is 1. The Morgan fingerprint density at radius 3 is 3.00 bits per heavy atom. The summed E-state index contributed by atoms with van der Waals surface area (Å²) in [5.74, 6) is 1.80. The number of piperidine rings is 1. The third-order valence-electron chi connectivity index (χ3n) is 6.86. The molecule has 6 heteroatoms. The Kier molecular flexibility index (Phi) is 4.38. The number of amides is 1. The van der Waals surface area contributed by atoms with E-state index in [0.29, 0.717) is 24.6 Å². The van der Waals surface area contributed by atoms with Crippen molar-refractivity contribution in [3.63, 3.8) is 0 Å². The van der Waals surface area contributed by atoms with Gasteiger partial charge in [0.15, 0.2) is 0 Å². The van der Waals surface area contributed by atoms with Crippen molar-refractivity contribution in [2.75, 3.05) is 19.7 Å². The third-order valence-corrected chi connectivity index (χ3v) is 6.86. The van der Waals surface area contributed by atoms with Crippen LogP contribution >= 0.6 is 0 Å². The summed E-state index contributed by atoms with van der Waals surface area (Å²) < 4.78 is 7.96. The summed E-state index contributed by atoms with van der Waals surface area (Å²) >= 11 is 0. The molecule has 28 heavy (non-hydrogen) atoms. The quantitative estimate of drug-likeness (QED) is 0.866. The van der Waals surface area contributed by atoms with E-state index < -0.39 is 0 Å². The van der Waals surface area contributed by atoms with Crippen molar-refractivity contribution in [1.29, 1.82) is 0 Å². The molecule has 3 aliphatic rings. The number of carbonyl (C=O) groups is 1. The van der Waals surface area contributed by atoms with Crippen LogP contribution in [0.3, 0.4) is 0 Å². The summed E-state index contributed by atoms with van der Waals surface area (Å²) in [6, 6.07) is 8.27. The maximum atomic E-state index is 13.7. The van der Waals surface area contributed by atoms with Gasteiger partial charge in [0.2, 0.25) is 5.91 Å². The van der Waals surface area contributed by atoms with E-state index in [0.717, 1.165) is 56.0 Å². The molecule has 1 aromatic heterocycles. The van der Waals surface area contributed by atoms with Crippen LogP contribution < -0.4 is 10.1 Å². The van der Waals surface area contributed by atoms with Crippen LogP contribution in [-0.4, -0.2) is 46.1 Å². The van der Waals surface area contributed by atoms with Crippen molar-refractivity contribution >= 4 is 5.91 Å². The lowest BCUT2D eigenvalue weighted by Gasteiger charge is -2.31. The predicted molar refractivity (Wildman–Crippen MR) is 106 cm³/mol. The molecule has 1 saturated heterocycles. The first kappa shape index (κ1) is 17.7. The molecule has 2 atom stereocenters. The highest BCUT2D eigenvalue weighted by molar-refractivity contribution is 5.86. The molecule has 1 N–H and O–H groups in total. The van der Waals surface area contributed by atoms with Crippen LogP contribution in [0.5, 0.6) is 5.75 Å². The highest BCUT2D eigenvalue weighted by Gasteiger charge is 2.58. The summed E-state index contributed by atoms with van der Waals surface area (Å²) in [6.07, 6.45) is 7.26. The van der Waals surface area contributed by atoms with Crippen LogP contribution in [0.25, 0.3) is 0 Å². The molecule has 1 aliphatic carbocycles. The predicted octanol–water partition coefficient (Wildman–Crippen LogP) is 2.55. The number of carbonyl (C=O) groups excluding carboxylic acids is 1. The number of fused-ring (bicyclic) bond motifs is 1. The lowest BCUT2D eigenvalue weighted by molar-refractivity contribution is -0.135. The van der Waals surface area contributed by atoms with Crippen LogP contribution in [-0.2, 0) is 17.9 Å². The van der Waals surface area contributed by atoms with Gasteiger partial charge in [0.05, 0.1) is 6.54 Å². The van der Waals surface area contributed by atoms with E-state index in [1.807, 2.05) is 36.7 Å². The van der Waals surface area contributed by atoms with Gasteiger partial charge in [-0.1, -0.05) is 18.2 Å². The van der Waals surface area contributed by atoms with Gasteiger partial charge < -0.3 is 19.5 Å². The summed E-state index contributed by atoms with van der Waals surface area (Å²) in [7, 11) is 0. The largest absolute Gasteiger partial charge is 0.492 e. The topological polar surface area (TPSA) is 59.4 Å². The van der Waals surface area contributed by atoms with Gasteiger partial charge in [-0.25, -0.2) is 4.98 Å². The number of para-hydroxylation sites is 1. The first-order valence-electron chi connectivity index (χ1n) is 10.4.